The molecule has 0 bridgehead atoms. The predicted molar refractivity (Wildman–Crippen MR) is 91.9 cm³/mol. The number of nitrogens with zero attached hydrogens (tertiary/aromatic N) is 2. The van der Waals surface area contributed by atoms with Crippen molar-refractivity contribution in [2.45, 2.75) is 24.7 Å². The van der Waals surface area contributed by atoms with Crippen LogP contribution in [-0.4, -0.2) is 44.4 Å². The summed E-state index contributed by atoms with van der Waals surface area (Å²) in [7, 11) is -1.53. The molecule has 0 aliphatic carbocycles. The van der Waals surface area contributed by atoms with Gasteiger partial charge >= 0.3 is 0 Å². The fourth-order valence-electron chi connectivity index (χ4n) is 3.29. The van der Waals surface area contributed by atoms with Crippen LogP contribution in [0.25, 0.3) is 10.9 Å². The lowest BCUT2D eigenvalue weighted by Gasteiger charge is -2.31. The quantitative estimate of drug-likeness (QED) is 0.931. The molecule has 1 aliphatic rings. The Morgan fingerprint density at radius 1 is 1.26 bits per heavy atom. The van der Waals surface area contributed by atoms with Crippen molar-refractivity contribution >= 4 is 20.9 Å². The molecule has 0 amide bonds. The number of sulfonamides is 1. The zero-order valence-electron chi connectivity index (χ0n) is 13.6. The van der Waals surface area contributed by atoms with Gasteiger partial charge in [-0.2, -0.15) is 4.31 Å². The van der Waals surface area contributed by atoms with Crippen molar-refractivity contribution in [2.75, 3.05) is 26.7 Å². The van der Waals surface area contributed by atoms with E-state index in [9.17, 15) is 8.42 Å². The number of hydrogen-bond donors (Lipinski definition) is 1. The number of piperidine rings is 1. The molecule has 0 unspecified atom stereocenters. The average Bonchev–Trinajstić information content (AvgIpc) is 2.56. The van der Waals surface area contributed by atoms with E-state index >= 15 is 0 Å². The largest absolute Gasteiger partial charge is 0.319 e. The summed E-state index contributed by atoms with van der Waals surface area (Å²) in [6.45, 7) is 4.08. The summed E-state index contributed by atoms with van der Waals surface area (Å²) < 4.78 is 27.7. The van der Waals surface area contributed by atoms with Crippen LogP contribution in [0.2, 0.25) is 0 Å². The molecule has 124 valence electrons. The number of aryl methyl sites for hydroxylation is 1. The first-order chi connectivity index (χ1) is 11.0. The minimum absolute atomic E-state index is 0.373. The van der Waals surface area contributed by atoms with E-state index in [0.717, 1.165) is 30.5 Å². The second kappa shape index (κ2) is 6.55. The Kier molecular flexibility index (Phi) is 4.66. The third-order valence-corrected chi connectivity index (χ3v) is 6.57. The predicted octanol–water partition coefficient (Wildman–Crippen LogP) is 2.16. The standard InChI is InChI=1S/C17H23N3O2S/c1-13-5-6-16(15-4-3-9-19-17(13)15)23(21,22)20-10-7-14(8-11-20)12-18-2/h3-6,9,14,18H,7-8,10-12H2,1-2H3. The maximum Gasteiger partial charge on any atom is 0.243 e. The molecule has 2 aromatic rings. The fraction of sp³-hybridized carbons (Fsp3) is 0.471. The molecule has 2 heterocycles. The summed E-state index contributed by atoms with van der Waals surface area (Å²) in [6.07, 6.45) is 3.51. The fourth-order valence-corrected chi connectivity index (χ4v) is 4.95. The van der Waals surface area contributed by atoms with E-state index in [1.807, 2.05) is 26.1 Å². The first-order valence-electron chi connectivity index (χ1n) is 8.03. The maximum atomic E-state index is 13.1. The lowest BCUT2D eigenvalue weighted by molar-refractivity contribution is 0.271. The molecule has 1 aliphatic heterocycles. The molecule has 0 saturated carbocycles. The van der Waals surface area contributed by atoms with Crippen LogP contribution in [0.5, 0.6) is 0 Å². The molecule has 1 aromatic heterocycles. The van der Waals surface area contributed by atoms with E-state index in [1.54, 1.807) is 22.6 Å². The average molecular weight is 333 g/mol. The summed E-state index contributed by atoms with van der Waals surface area (Å²) in [6, 6.07) is 7.19. The third kappa shape index (κ3) is 3.11. The molecule has 1 saturated heterocycles. The number of fused-ring (bicyclic) bond motifs is 1. The highest BCUT2D eigenvalue weighted by Crippen LogP contribution is 2.29. The van der Waals surface area contributed by atoms with E-state index in [1.165, 1.54) is 0 Å². The first kappa shape index (κ1) is 16.4. The van der Waals surface area contributed by atoms with E-state index in [4.69, 9.17) is 0 Å². The minimum Gasteiger partial charge on any atom is -0.319 e. The number of benzene rings is 1. The Labute approximate surface area is 137 Å². The lowest BCUT2D eigenvalue weighted by atomic mass is 9.98. The number of nitrogens with one attached hydrogen (secondary N) is 1. The van der Waals surface area contributed by atoms with Crippen molar-refractivity contribution in [3.8, 4) is 0 Å². The highest BCUT2D eigenvalue weighted by molar-refractivity contribution is 7.89. The van der Waals surface area contributed by atoms with Crippen LogP contribution in [-0.2, 0) is 10.0 Å². The van der Waals surface area contributed by atoms with Gasteiger partial charge in [0, 0.05) is 24.7 Å². The molecule has 1 aromatic carbocycles. The Balaban J connectivity index is 1.94. The van der Waals surface area contributed by atoms with Crippen LogP contribution in [0.15, 0.2) is 35.4 Å². The SMILES string of the molecule is CNCC1CCN(S(=O)(=O)c2ccc(C)c3ncccc23)CC1. The highest BCUT2D eigenvalue weighted by atomic mass is 32.2. The van der Waals surface area contributed by atoms with Gasteiger partial charge < -0.3 is 5.32 Å². The monoisotopic (exact) mass is 333 g/mol. The second-order valence-corrected chi connectivity index (χ2v) is 8.09. The van der Waals surface area contributed by atoms with E-state index in [0.29, 0.717) is 29.3 Å². The Morgan fingerprint density at radius 2 is 2.00 bits per heavy atom. The van der Waals surface area contributed by atoms with Gasteiger partial charge in [0.1, 0.15) is 0 Å². The number of hydrogen-bond acceptors (Lipinski definition) is 4. The first-order valence-corrected chi connectivity index (χ1v) is 9.47. The number of rotatable bonds is 4. The van der Waals surface area contributed by atoms with Crippen LogP contribution in [0, 0.1) is 12.8 Å². The van der Waals surface area contributed by atoms with Gasteiger partial charge in [-0.1, -0.05) is 6.07 Å². The van der Waals surface area contributed by atoms with Gasteiger partial charge in [0.15, 0.2) is 0 Å². The van der Waals surface area contributed by atoms with E-state index < -0.39 is 10.0 Å². The van der Waals surface area contributed by atoms with Crippen LogP contribution in [0.3, 0.4) is 0 Å². The van der Waals surface area contributed by atoms with Crippen molar-refractivity contribution < 1.29 is 8.42 Å². The topological polar surface area (TPSA) is 62.3 Å². The van der Waals surface area contributed by atoms with E-state index in [2.05, 4.69) is 10.3 Å². The molecule has 3 rings (SSSR count). The van der Waals surface area contributed by atoms with Gasteiger partial charge in [-0.05, 0) is 63.0 Å². The molecule has 5 nitrogen and oxygen atoms in total. The highest BCUT2D eigenvalue weighted by Gasteiger charge is 2.30. The van der Waals surface area contributed by atoms with Crippen molar-refractivity contribution in [3.05, 3.63) is 36.0 Å². The summed E-state index contributed by atoms with van der Waals surface area (Å²) in [4.78, 5) is 4.72. The summed E-state index contributed by atoms with van der Waals surface area (Å²) in [5.74, 6) is 0.558. The van der Waals surface area contributed by atoms with Crippen LogP contribution in [0.4, 0.5) is 0 Å². The molecular formula is C17H23N3O2S. The van der Waals surface area contributed by atoms with Gasteiger partial charge in [0.05, 0.1) is 10.4 Å². The van der Waals surface area contributed by atoms with Crippen molar-refractivity contribution in [1.82, 2.24) is 14.6 Å². The molecule has 0 spiro atoms. The third-order valence-electron chi connectivity index (χ3n) is 4.62. The molecule has 0 atom stereocenters. The molecule has 23 heavy (non-hydrogen) atoms. The zero-order valence-corrected chi connectivity index (χ0v) is 14.4. The number of pyridine rings is 1. The summed E-state index contributed by atoms with van der Waals surface area (Å²) in [5, 5.41) is 3.89. The van der Waals surface area contributed by atoms with Crippen molar-refractivity contribution in [3.63, 3.8) is 0 Å². The van der Waals surface area contributed by atoms with Gasteiger partial charge in [0.2, 0.25) is 10.0 Å². The molecule has 1 N–H and O–H groups in total. The summed E-state index contributed by atoms with van der Waals surface area (Å²) in [5.41, 5.74) is 1.76. The van der Waals surface area contributed by atoms with Gasteiger partial charge in [-0.3, -0.25) is 4.98 Å². The Bertz CT molecular complexity index is 797. The normalized spacial score (nSPS) is 17.7. The van der Waals surface area contributed by atoms with Crippen LogP contribution >= 0.6 is 0 Å². The zero-order chi connectivity index (χ0) is 16.4. The second-order valence-electron chi connectivity index (χ2n) is 6.19. The van der Waals surface area contributed by atoms with Crippen LogP contribution in [0.1, 0.15) is 18.4 Å². The summed E-state index contributed by atoms with van der Waals surface area (Å²) >= 11 is 0. The van der Waals surface area contributed by atoms with Gasteiger partial charge in [-0.25, -0.2) is 8.42 Å². The van der Waals surface area contributed by atoms with Crippen molar-refractivity contribution in [1.29, 1.82) is 0 Å². The lowest BCUT2D eigenvalue weighted by Crippen LogP contribution is -2.40. The maximum absolute atomic E-state index is 13.1. The van der Waals surface area contributed by atoms with Gasteiger partial charge in [0.25, 0.3) is 0 Å². The Hall–Kier alpha value is -1.50. The van der Waals surface area contributed by atoms with Crippen LogP contribution < -0.4 is 5.32 Å². The molecule has 1 fully saturated rings. The molecule has 0 radical (unpaired) electrons. The van der Waals surface area contributed by atoms with E-state index in [-0.39, 0.29) is 0 Å². The smallest absolute Gasteiger partial charge is 0.243 e. The minimum atomic E-state index is -3.47. The van der Waals surface area contributed by atoms with Crippen molar-refractivity contribution in [2.24, 2.45) is 5.92 Å². The number of aromatic nitrogens is 1. The van der Waals surface area contributed by atoms with Gasteiger partial charge in [-0.15, -0.1) is 0 Å². The molecule has 6 heteroatoms. The molecular weight excluding hydrogens is 310 g/mol. The Morgan fingerprint density at radius 3 is 2.70 bits per heavy atom.